The highest BCUT2D eigenvalue weighted by Gasteiger charge is 2.53. The van der Waals surface area contributed by atoms with Gasteiger partial charge >= 0.3 is 0 Å². The fourth-order valence-corrected chi connectivity index (χ4v) is 1.99. The summed E-state index contributed by atoms with van der Waals surface area (Å²) in [5.74, 6) is -0.714. The molecule has 14 heavy (non-hydrogen) atoms. The second-order valence-corrected chi connectivity index (χ2v) is 4.62. The van der Waals surface area contributed by atoms with Crippen LogP contribution < -0.4 is 5.73 Å². The summed E-state index contributed by atoms with van der Waals surface area (Å²) in [6.45, 7) is 6.86. The molecule has 2 N–H and O–H groups in total. The van der Waals surface area contributed by atoms with Crippen LogP contribution in [0.1, 0.15) is 20.3 Å². The van der Waals surface area contributed by atoms with Crippen molar-refractivity contribution in [1.82, 2.24) is 0 Å². The highest BCUT2D eigenvalue weighted by Crippen LogP contribution is 2.42. The molecule has 3 rings (SSSR count). The van der Waals surface area contributed by atoms with Gasteiger partial charge in [-0.05, 0) is 6.42 Å². The standard InChI is InChI=1S/C10H19NO3/c1-3-8(4-11)10-12-5-9(2,6-13-10)7-14-10/h8H,3-7,11H2,1-2H3. The fraction of sp³-hybridized carbons (Fsp3) is 1.00. The van der Waals surface area contributed by atoms with Gasteiger partial charge in [0.15, 0.2) is 0 Å². The number of nitrogens with two attached hydrogens (primary N) is 1. The van der Waals surface area contributed by atoms with E-state index in [4.69, 9.17) is 19.9 Å². The van der Waals surface area contributed by atoms with Crippen LogP contribution in [-0.4, -0.2) is 32.3 Å². The van der Waals surface area contributed by atoms with Crippen molar-refractivity contribution in [3.8, 4) is 0 Å². The third kappa shape index (κ3) is 1.46. The van der Waals surface area contributed by atoms with E-state index < -0.39 is 5.97 Å². The molecular weight excluding hydrogens is 182 g/mol. The molecule has 3 aliphatic heterocycles. The van der Waals surface area contributed by atoms with Crippen molar-refractivity contribution >= 4 is 0 Å². The highest BCUT2D eigenvalue weighted by molar-refractivity contribution is 4.87. The van der Waals surface area contributed by atoms with Gasteiger partial charge in [0.2, 0.25) is 0 Å². The number of rotatable bonds is 3. The summed E-state index contributed by atoms with van der Waals surface area (Å²) in [6, 6.07) is 0. The lowest BCUT2D eigenvalue weighted by atomic mass is 9.89. The van der Waals surface area contributed by atoms with Gasteiger partial charge in [-0.1, -0.05) is 13.8 Å². The predicted octanol–water partition coefficient (Wildman–Crippen LogP) is 0.708. The zero-order valence-corrected chi connectivity index (χ0v) is 8.91. The maximum Gasteiger partial charge on any atom is 0.287 e. The van der Waals surface area contributed by atoms with Crippen LogP contribution in [-0.2, 0) is 14.2 Å². The molecule has 3 heterocycles. The Morgan fingerprint density at radius 3 is 2.07 bits per heavy atom. The fourth-order valence-electron chi connectivity index (χ4n) is 1.99. The topological polar surface area (TPSA) is 53.7 Å². The van der Waals surface area contributed by atoms with Crippen molar-refractivity contribution in [3.63, 3.8) is 0 Å². The minimum absolute atomic E-state index is 0.0363. The molecule has 0 amide bonds. The van der Waals surface area contributed by atoms with Crippen molar-refractivity contribution in [2.24, 2.45) is 17.1 Å². The quantitative estimate of drug-likeness (QED) is 0.730. The Hall–Kier alpha value is -0.160. The monoisotopic (exact) mass is 201 g/mol. The van der Waals surface area contributed by atoms with Gasteiger partial charge in [0, 0.05) is 12.0 Å². The van der Waals surface area contributed by atoms with Crippen molar-refractivity contribution in [2.45, 2.75) is 26.2 Å². The third-order valence-corrected chi connectivity index (χ3v) is 3.14. The molecule has 4 heteroatoms. The Balaban J connectivity index is 2.11. The minimum Gasteiger partial charge on any atom is -0.330 e. The van der Waals surface area contributed by atoms with E-state index in [1.807, 2.05) is 0 Å². The zero-order valence-electron chi connectivity index (χ0n) is 8.91. The molecule has 1 atom stereocenters. The van der Waals surface area contributed by atoms with E-state index in [2.05, 4.69) is 13.8 Å². The van der Waals surface area contributed by atoms with Crippen LogP contribution in [0.15, 0.2) is 0 Å². The first kappa shape index (κ1) is 10.4. The molecule has 82 valence electrons. The Morgan fingerprint density at radius 1 is 1.21 bits per heavy atom. The van der Waals surface area contributed by atoms with Gasteiger partial charge in [-0.2, -0.15) is 0 Å². The molecule has 0 radical (unpaired) electrons. The molecule has 0 spiro atoms. The first-order valence-corrected chi connectivity index (χ1v) is 5.26. The molecule has 0 aromatic heterocycles. The number of hydrogen-bond donors (Lipinski definition) is 1. The van der Waals surface area contributed by atoms with Crippen LogP contribution in [0.3, 0.4) is 0 Å². The van der Waals surface area contributed by atoms with Crippen molar-refractivity contribution < 1.29 is 14.2 Å². The molecule has 3 aliphatic rings. The van der Waals surface area contributed by atoms with Gasteiger partial charge < -0.3 is 19.9 Å². The summed E-state index contributed by atoms with van der Waals surface area (Å²) >= 11 is 0. The first-order chi connectivity index (χ1) is 6.64. The first-order valence-electron chi connectivity index (χ1n) is 5.26. The van der Waals surface area contributed by atoms with E-state index in [9.17, 15) is 0 Å². The van der Waals surface area contributed by atoms with Gasteiger partial charge in [0.05, 0.1) is 25.7 Å². The van der Waals surface area contributed by atoms with Crippen molar-refractivity contribution in [1.29, 1.82) is 0 Å². The maximum atomic E-state index is 5.69. The molecule has 2 bridgehead atoms. The van der Waals surface area contributed by atoms with E-state index in [1.54, 1.807) is 0 Å². The second kappa shape index (κ2) is 3.45. The maximum absolute atomic E-state index is 5.69. The highest BCUT2D eigenvalue weighted by atomic mass is 16.9. The summed E-state index contributed by atoms with van der Waals surface area (Å²) in [4.78, 5) is 0. The number of fused-ring (bicyclic) bond motifs is 3. The van der Waals surface area contributed by atoms with Crippen LogP contribution in [0.2, 0.25) is 0 Å². The molecule has 0 saturated carbocycles. The van der Waals surface area contributed by atoms with E-state index >= 15 is 0 Å². The molecule has 3 saturated heterocycles. The normalized spacial score (nSPS) is 43.9. The molecule has 3 fully saturated rings. The second-order valence-electron chi connectivity index (χ2n) is 4.62. The Bertz CT molecular complexity index is 191. The van der Waals surface area contributed by atoms with E-state index in [1.165, 1.54) is 0 Å². The average Bonchev–Trinajstić information content (AvgIpc) is 2.22. The van der Waals surface area contributed by atoms with Gasteiger partial charge in [-0.25, -0.2) is 0 Å². The third-order valence-electron chi connectivity index (χ3n) is 3.14. The van der Waals surface area contributed by atoms with Gasteiger partial charge in [-0.3, -0.25) is 0 Å². The van der Waals surface area contributed by atoms with Crippen LogP contribution in [0.4, 0.5) is 0 Å². The SMILES string of the molecule is CCC(CN)C12OCC(C)(CO1)CO2. The van der Waals surface area contributed by atoms with Crippen LogP contribution in [0.25, 0.3) is 0 Å². The number of ether oxygens (including phenoxy) is 3. The van der Waals surface area contributed by atoms with E-state index in [0.717, 1.165) is 6.42 Å². The van der Waals surface area contributed by atoms with E-state index in [0.29, 0.717) is 26.4 Å². The minimum atomic E-state index is -0.846. The lowest BCUT2D eigenvalue weighted by molar-refractivity contribution is -0.483. The van der Waals surface area contributed by atoms with Crippen LogP contribution in [0.5, 0.6) is 0 Å². The smallest absolute Gasteiger partial charge is 0.287 e. The Morgan fingerprint density at radius 2 is 1.71 bits per heavy atom. The summed E-state index contributed by atoms with van der Waals surface area (Å²) in [5.41, 5.74) is 5.72. The number of hydrogen-bond acceptors (Lipinski definition) is 4. The van der Waals surface area contributed by atoms with E-state index in [-0.39, 0.29) is 11.3 Å². The Kier molecular flexibility index (Phi) is 2.55. The summed E-state index contributed by atoms with van der Waals surface area (Å²) < 4.78 is 17.1. The van der Waals surface area contributed by atoms with Gasteiger partial charge in [-0.15, -0.1) is 0 Å². The Labute approximate surface area is 84.7 Å². The predicted molar refractivity (Wildman–Crippen MR) is 51.5 cm³/mol. The van der Waals surface area contributed by atoms with Crippen molar-refractivity contribution in [2.75, 3.05) is 26.4 Å². The molecule has 0 aromatic carbocycles. The lowest BCUT2D eigenvalue weighted by Crippen LogP contribution is -2.63. The van der Waals surface area contributed by atoms with Crippen LogP contribution >= 0.6 is 0 Å². The summed E-state index contributed by atoms with van der Waals surface area (Å²) in [6.07, 6.45) is 0.910. The molecular formula is C10H19NO3. The van der Waals surface area contributed by atoms with Gasteiger partial charge in [0.1, 0.15) is 0 Å². The lowest BCUT2D eigenvalue weighted by Gasteiger charge is -2.53. The van der Waals surface area contributed by atoms with Crippen LogP contribution in [0, 0.1) is 11.3 Å². The largest absolute Gasteiger partial charge is 0.330 e. The molecule has 0 aliphatic carbocycles. The molecule has 4 nitrogen and oxygen atoms in total. The average molecular weight is 201 g/mol. The van der Waals surface area contributed by atoms with Gasteiger partial charge in [0.25, 0.3) is 5.97 Å². The van der Waals surface area contributed by atoms with Crippen molar-refractivity contribution in [3.05, 3.63) is 0 Å². The zero-order chi connectivity index (χ0) is 10.2. The summed E-state index contributed by atoms with van der Waals surface area (Å²) in [5, 5.41) is 0. The molecule has 1 unspecified atom stereocenters. The summed E-state index contributed by atoms with van der Waals surface area (Å²) in [7, 11) is 0. The molecule has 0 aromatic rings.